The van der Waals surface area contributed by atoms with Gasteiger partial charge in [-0.1, -0.05) is 48.6 Å². The molecule has 92 valence electrons. The van der Waals surface area contributed by atoms with E-state index in [1.54, 1.807) is 0 Å². The SMILES string of the molecule is Cc1cccc(CC(=S)NCc2ccccc2)n1. The van der Waals surface area contributed by atoms with Gasteiger partial charge in [0.25, 0.3) is 0 Å². The van der Waals surface area contributed by atoms with Crippen LogP contribution in [0.5, 0.6) is 0 Å². The van der Waals surface area contributed by atoms with Crippen LogP contribution < -0.4 is 5.32 Å². The summed E-state index contributed by atoms with van der Waals surface area (Å²) in [7, 11) is 0. The zero-order chi connectivity index (χ0) is 12.8. The van der Waals surface area contributed by atoms with E-state index in [4.69, 9.17) is 12.2 Å². The normalized spacial score (nSPS) is 10.1. The fourth-order valence-electron chi connectivity index (χ4n) is 1.72. The van der Waals surface area contributed by atoms with Gasteiger partial charge in [0.05, 0.1) is 4.99 Å². The highest BCUT2D eigenvalue weighted by molar-refractivity contribution is 7.80. The van der Waals surface area contributed by atoms with Crippen LogP contribution in [0.3, 0.4) is 0 Å². The van der Waals surface area contributed by atoms with Gasteiger partial charge < -0.3 is 5.32 Å². The van der Waals surface area contributed by atoms with E-state index in [-0.39, 0.29) is 0 Å². The largest absolute Gasteiger partial charge is 0.375 e. The molecule has 0 saturated heterocycles. The van der Waals surface area contributed by atoms with Crippen LogP contribution in [0.15, 0.2) is 48.5 Å². The number of hydrogen-bond acceptors (Lipinski definition) is 2. The number of benzene rings is 1. The van der Waals surface area contributed by atoms with Crippen LogP contribution >= 0.6 is 12.2 Å². The summed E-state index contributed by atoms with van der Waals surface area (Å²) in [6, 6.07) is 16.2. The maximum absolute atomic E-state index is 5.33. The van der Waals surface area contributed by atoms with E-state index in [2.05, 4.69) is 22.4 Å². The van der Waals surface area contributed by atoms with Crippen molar-refractivity contribution in [1.29, 1.82) is 0 Å². The van der Waals surface area contributed by atoms with Gasteiger partial charge in [-0.2, -0.15) is 0 Å². The molecule has 3 heteroatoms. The molecule has 0 fully saturated rings. The Bertz CT molecular complexity index is 523. The standard InChI is InChI=1S/C15H16N2S/c1-12-6-5-9-14(17-12)10-15(18)16-11-13-7-3-2-4-8-13/h2-9H,10-11H2,1H3,(H,16,18). The van der Waals surface area contributed by atoms with Crippen molar-refractivity contribution in [2.24, 2.45) is 0 Å². The average Bonchev–Trinajstić information content (AvgIpc) is 2.38. The fourth-order valence-corrected chi connectivity index (χ4v) is 1.94. The molecule has 1 aromatic heterocycles. The first kappa shape index (κ1) is 12.7. The Morgan fingerprint density at radius 1 is 1.11 bits per heavy atom. The second-order valence-corrected chi connectivity index (χ2v) is 4.70. The van der Waals surface area contributed by atoms with E-state index < -0.39 is 0 Å². The third-order valence-corrected chi connectivity index (χ3v) is 2.91. The summed E-state index contributed by atoms with van der Waals surface area (Å²) in [6.07, 6.45) is 0.698. The zero-order valence-electron chi connectivity index (χ0n) is 10.4. The summed E-state index contributed by atoms with van der Waals surface area (Å²) >= 11 is 5.33. The lowest BCUT2D eigenvalue weighted by Gasteiger charge is -2.08. The Hall–Kier alpha value is -1.74. The van der Waals surface area contributed by atoms with Crippen LogP contribution in [-0.2, 0) is 13.0 Å². The Morgan fingerprint density at radius 2 is 1.89 bits per heavy atom. The van der Waals surface area contributed by atoms with Crippen LogP contribution in [0.4, 0.5) is 0 Å². The smallest absolute Gasteiger partial charge is 0.0816 e. The molecule has 0 aliphatic carbocycles. The van der Waals surface area contributed by atoms with Gasteiger partial charge in [0.2, 0.25) is 0 Å². The fraction of sp³-hybridized carbons (Fsp3) is 0.200. The number of pyridine rings is 1. The molecule has 1 N–H and O–H groups in total. The van der Waals surface area contributed by atoms with Crippen LogP contribution in [0.25, 0.3) is 0 Å². The molecular weight excluding hydrogens is 240 g/mol. The second kappa shape index (κ2) is 6.26. The van der Waals surface area contributed by atoms with Gasteiger partial charge in [0.1, 0.15) is 0 Å². The van der Waals surface area contributed by atoms with Crippen molar-refractivity contribution in [2.45, 2.75) is 19.9 Å². The molecule has 0 saturated carbocycles. The predicted molar refractivity (Wildman–Crippen MR) is 78.6 cm³/mol. The average molecular weight is 256 g/mol. The van der Waals surface area contributed by atoms with Crippen molar-refractivity contribution < 1.29 is 0 Å². The first-order valence-corrected chi connectivity index (χ1v) is 6.38. The van der Waals surface area contributed by atoms with Gasteiger partial charge in [-0.05, 0) is 24.6 Å². The van der Waals surface area contributed by atoms with E-state index in [1.165, 1.54) is 5.56 Å². The molecule has 0 unspecified atom stereocenters. The Morgan fingerprint density at radius 3 is 2.61 bits per heavy atom. The van der Waals surface area contributed by atoms with Crippen LogP contribution in [-0.4, -0.2) is 9.97 Å². The Kier molecular flexibility index (Phi) is 4.42. The summed E-state index contributed by atoms with van der Waals surface area (Å²) in [4.78, 5) is 5.27. The molecule has 0 amide bonds. The minimum absolute atomic E-state index is 0.698. The molecule has 0 aliphatic rings. The van der Waals surface area contributed by atoms with Crippen molar-refractivity contribution in [3.05, 3.63) is 65.5 Å². The molecule has 0 aliphatic heterocycles. The number of rotatable bonds is 4. The van der Waals surface area contributed by atoms with E-state index in [0.29, 0.717) is 6.42 Å². The third kappa shape index (κ3) is 3.93. The topological polar surface area (TPSA) is 24.9 Å². The Balaban J connectivity index is 1.86. The molecular formula is C15H16N2S. The van der Waals surface area contributed by atoms with Crippen molar-refractivity contribution in [2.75, 3.05) is 0 Å². The summed E-state index contributed by atoms with van der Waals surface area (Å²) in [6.45, 7) is 2.76. The van der Waals surface area contributed by atoms with Gasteiger partial charge in [0.15, 0.2) is 0 Å². The lowest BCUT2D eigenvalue weighted by atomic mass is 10.2. The van der Waals surface area contributed by atoms with Crippen LogP contribution in [0, 0.1) is 6.92 Å². The minimum Gasteiger partial charge on any atom is -0.375 e. The van der Waals surface area contributed by atoms with Gasteiger partial charge in [-0.15, -0.1) is 0 Å². The highest BCUT2D eigenvalue weighted by Crippen LogP contribution is 2.01. The van der Waals surface area contributed by atoms with Crippen LogP contribution in [0.1, 0.15) is 17.0 Å². The van der Waals surface area contributed by atoms with Crippen LogP contribution in [0.2, 0.25) is 0 Å². The number of hydrogen-bond donors (Lipinski definition) is 1. The maximum Gasteiger partial charge on any atom is 0.0816 e. The van der Waals surface area contributed by atoms with Crippen molar-refractivity contribution in [1.82, 2.24) is 10.3 Å². The number of nitrogens with zero attached hydrogens (tertiary/aromatic N) is 1. The monoisotopic (exact) mass is 256 g/mol. The Labute approximate surface area is 113 Å². The maximum atomic E-state index is 5.33. The highest BCUT2D eigenvalue weighted by Gasteiger charge is 2.00. The molecule has 2 nitrogen and oxygen atoms in total. The van der Waals surface area contributed by atoms with E-state index in [0.717, 1.165) is 22.9 Å². The van der Waals surface area contributed by atoms with Crippen molar-refractivity contribution >= 4 is 17.2 Å². The third-order valence-electron chi connectivity index (χ3n) is 2.62. The summed E-state index contributed by atoms with van der Waals surface area (Å²) in [5, 5.41) is 3.26. The number of aryl methyl sites for hydroxylation is 1. The molecule has 2 aromatic rings. The van der Waals surface area contributed by atoms with Gasteiger partial charge in [-0.3, -0.25) is 4.98 Å². The predicted octanol–water partition coefficient (Wildman–Crippen LogP) is 3.05. The molecule has 0 spiro atoms. The number of thiocarbonyl (C=S) groups is 1. The molecule has 18 heavy (non-hydrogen) atoms. The molecule has 2 rings (SSSR count). The zero-order valence-corrected chi connectivity index (χ0v) is 11.2. The lowest BCUT2D eigenvalue weighted by Crippen LogP contribution is -2.23. The van der Waals surface area contributed by atoms with E-state index >= 15 is 0 Å². The molecule has 0 radical (unpaired) electrons. The van der Waals surface area contributed by atoms with E-state index in [1.807, 2.05) is 43.3 Å². The first-order valence-electron chi connectivity index (χ1n) is 5.97. The lowest BCUT2D eigenvalue weighted by molar-refractivity contribution is 0.905. The summed E-state index contributed by atoms with van der Waals surface area (Å²) < 4.78 is 0. The number of nitrogens with one attached hydrogen (secondary N) is 1. The van der Waals surface area contributed by atoms with Gasteiger partial charge >= 0.3 is 0 Å². The molecule has 1 heterocycles. The van der Waals surface area contributed by atoms with Gasteiger partial charge in [0, 0.05) is 24.4 Å². The molecule has 0 bridgehead atoms. The summed E-state index contributed by atoms with van der Waals surface area (Å²) in [5.41, 5.74) is 3.27. The first-order chi connectivity index (χ1) is 8.74. The van der Waals surface area contributed by atoms with Crippen molar-refractivity contribution in [3.8, 4) is 0 Å². The highest BCUT2D eigenvalue weighted by atomic mass is 32.1. The van der Waals surface area contributed by atoms with Gasteiger partial charge in [-0.25, -0.2) is 0 Å². The minimum atomic E-state index is 0.698. The second-order valence-electron chi connectivity index (χ2n) is 4.21. The molecule has 1 aromatic carbocycles. The molecule has 0 atom stereocenters. The quantitative estimate of drug-likeness (QED) is 0.851. The van der Waals surface area contributed by atoms with E-state index in [9.17, 15) is 0 Å². The number of aromatic nitrogens is 1. The summed E-state index contributed by atoms with van der Waals surface area (Å²) in [5.74, 6) is 0. The van der Waals surface area contributed by atoms with Crippen molar-refractivity contribution in [3.63, 3.8) is 0 Å².